The predicted molar refractivity (Wildman–Crippen MR) is 121 cm³/mol. The summed E-state index contributed by atoms with van der Waals surface area (Å²) < 4.78 is 26.8. The van der Waals surface area contributed by atoms with Crippen molar-refractivity contribution in [2.24, 2.45) is 0 Å². The first-order chi connectivity index (χ1) is 16.0. The lowest BCUT2D eigenvalue weighted by molar-refractivity contribution is 0.0937. The minimum absolute atomic E-state index is 0.206. The lowest BCUT2D eigenvalue weighted by Gasteiger charge is -2.21. The number of carbonyl (C=O) groups is 1. The summed E-state index contributed by atoms with van der Waals surface area (Å²) in [4.78, 5) is 14.9. The van der Waals surface area contributed by atoms with E-state index in [1.807, 2.05) is 6.92 Å². The van der Waals surface area contributed by atoms with E-state index in [0.29, 0.717) is 54.5 Å². The summed E-state index contributed by atoms with van der Waals surface area (Å²) in [7, 11) is 3.14. The highest BCUT2D eigenvalue weighted by atomic mass is 19.1. The van der Waals surface area contributed by atoms with E-state index >= 15 is 0 Å². The second-order valence-corrected chi connectivity index (χ2v) is 8.04. The Morgan fingerprint density at radius 1 is 1.09 bits per heavy atom. The molecule has 1 aliphatic heterocycles. The minimum atomic E-state index is -0.327. The molecule has 4 rings (SSSR count). The van der Waals surface area contributed by atoms with Gasteiger partial charge < -0.3 is 19.4 Å². The van der Waals surface area contributed by atoms with Crippen LogP contribution in [0.15, 0.2) is 42.5 Å². The highest BCUT2D eigenvalue weighted by Gasteiger charge is 2.23. The van der Waals surface area contributed by atoms with Crippen LogP contribution in [0.5, 0.6) is 11.5 Å². The number of nitrogens with one attached hydrogen (secondary N) is 1. The van der Waals surface area contributed by atoms with E-state index in [0.717, 1.165) is 12.4 Å². The molecule has 8 nitrogen and oxygen atoms in total. The number of hydrogen-bond donors (Lipinski definition) is 1. The van der Waals surface area contributed by atoms with Gasteiger partial charge in [-0.1, -0.05) is 6.07 Å². The molecule has 1 amide bonds. The van der Waals surface area contributed by atoms with Gasteiger partial charge in [0.1, 0.15) is 23.1 Å². The number of nitrogens with zero attached hydrogens (tertiary/aromatic N) is 4. The van der Waals surface area contributed by atoms with Crippen molar-refractivity contribution in [3.05, 3.63) is 71.1 Å². The van der Waals surface area contributed by atoms with Gasteiger partial charge in [0, 0.05) is 43.7 Å². The average Bonchev–Trinajstić information content (AvgIpc) is 3.14. The van der Waals surface area contributed by atoms with E-state index in [4.69, 9.17) is 9.47 Å². The van der Waals surface area contributed by atoms with E-state index in [2.05, 4.69) is 25.0 Å². The molecule has 3 aromatic rings. The number of fused-ring (bicyclic) bond motifs is 1. The van der Waals surface area contributed by atoms with Crippen molar-refractivity contribution in [2.45, 2.75) is 32.5 Å². The van der Waals surface area contributed by atoms with Gasteiger partial charge in [-0.25, -0.2) is 4.39 Å². The number of ether oxygens (including phenoxy) is 2. The summed E-state index contributed by atoms with van der Waals surface area (Å²) in [6, 6.07) is 11.5. The summed E-state index contributed by atoms with van der Waals surface area (Å²) in [6.07, 6.45) is 0.690. The van der Waals surface area contributed by atoms with Crippen LogP contribution in [0.3, 0.4) is 0 Å². The molecule has 0 unspecified atom stereocenters. The fourth-order valence-corrected chi connectivity index (χ4v) is 4.02. The molecule has 0 spiro atoms. The molecule has 0 saturated heterocycles. The maximum Gasteiger partial charge on any atom is 0.251 e. The minimum Gasteiger partial charge on any atom is -0.497 e. The van der Waals surface area contributed by atoms with E-state index in [9.17, 15) is 9.18 Å². The van der Waals surface area contributed by atoms with Crippen LogP contribution in [0, 0.1) is 5.82 Å². The number of hydrogen-bond acceptors (Lipinski definition) is 6. The van der Waals surface area contributed by atoms with Gasteiger partial charge in [-0.05, 0) is 43.3 Å². The first kappa shape index (κ1) is 22.7. The molecule has 1 aromatic heterocycles. The maximum atomic E-state index is 14.3. The summed E-state index contributed by atoms with van der Waals surface area (Å²) in [5, 5.41) is 11.7. The summed E-state index contributed by atoms with van der Waals surface area (Å²) in [5.74, 6) is 2.38. The SMILES string of the molecule is COc1cccc(C(=O)N[C@H](C)c2nnc3n2CCN(Cc2cc(OC)ccc2F)CC3)c1. The molecular weight excluding hydrogens is 425 g/mol. The monoisotopic (exact) mass is 453 g/mol. The van der Waals surface area contributed by atoms with Gasteiger partial charge in [0.2, 0.25) is 0 Å². The molecule has 9 heteroatoms. The second-order valence-electron chi connectivity index (χ2n) is 8.04. The van der Waals surface area contributed by atoms with Gasteiger partial charge in [0.05, 0.1) is 20.3 Å². The molecule has 0 bridgehead atoms. The third kappa shape index (κ3) is 5.14. The quantitative estimate of drug-likeness (QED) is 0.592. The Morgan fingerprint density at radius 3 is 2.67 bits per heavy atom. The van der Waals surface area contributed by atoms with Crippen LogP contribution in [0.2, 0.25) is 0 Å². The Kier molecular flexibility index (Phi) is 6.88. The van der Waals surface area contributed by atoms with Crippen LogP contribution in [0.25, 0.3) is 0 Å². The molecule has 0 aliphatic carbocycles. The standard InChI is InChI=1S/C24H28FN5O3/c1-16(26-24(31)17-5-4-6-19(13-17)32-2)23-28-27-22-9-10-29(11-12-30(22)23)15-18-14-20(33-3)7-8-21(18)25/h4-8,13-14,16H,9-12,15H2,1-3H3,(H,26,31)/t16-/m1/s1. The molecule has 1 atom stereocenters. The zero-order chi connectivity index (χ0) is 23.4. The van der Waals surface area contributed by atoms with Gasteiger partial charge in [0.15, 0.2) is 5.82 Å². The van der Waals surface area contributed by atoms with Crippen molar-refractivity contribution < 1.29 is 18.7 Å². The van der Waals surface area contributed by atoms with Crippen LogP contribution < -0.4 is 14.8 Å². The molecule has 1 N–H and O–H groups in total. The number of methoxy groups -OCH3 is 2. The first-order valence-corrected chi connectivity index (χ1v) is 10.9. The van der Waals surface area contributed by atoms with Gasteiger partial charge in [-0.2, -0.15) is 0 Å². The Morgan fingerprint density at radius 2 is 1.88 bits per heavy atom. The topological polar surface area (TPSA) is 81.5 Å². The smallest absolute Gasteiger partial charge is 0.251 e. The van der Waals surface area contributed by atoms with E-state index < -0.39 is 0 Å². The molecule has 174 valence electrons. The molecule has 0 radical (unpaired) electrons. The van der Waals surface area contributed by atoms with Gasteiger partial charge in [-0.15, -0.1) is 10.2 Å². The lowest BCUT2D eigenvalue weighted by Crippen LogP contribution is -2.30. The van der Waals surface area contributed by atoms with Crippen molar-refractivity contribution in [3.63, 3.8) is 0 Å². The molecular formula is C24H28FN5O3. The Balaban J connectivity index is 1.43. The van der Waals surface area contributed by atoms with Crippen LogP contribution in [-0.2, 0) is 19.5 Å². The Hall–Kier alpha value is -3.46. The largest absolute Gasteiger partial charge is 0.497 e. The summed E-state index contributed by atoms with van der Waals surface area (Å²) >= 11 is 0. The predicted octanol–water partition coefficient (Wildman–Crippen LogP) is 2.98. The van der Waals surface area contributed by atoms with Gasteiger partial charge >= 0.3 is 0 Å². The number of carbonyl (C=O) groups excluding carboxylic acids is 1. The van der Waals surface area contributed by atoms with Crippen LogP contribution in [-0.4, -0.2) is 52.9 Å². The zero-order valence-corrected chi connectivity index (χ0v) is 19.0. The molecule has 0 fully saturated rings. The van der Waals surface area contributed by atoms with Crippen molar-refractivity contribution in [1.82, 2.24) is 25.0 Å². The number of aromatic nitrogens is 3. The number of halogens is 1. The third-order valence-corrected chi connectivity index (χ3v) is 5.86. The van der Waals surface area contributed by atoms with Crippen molar-refractivity contribution in [1.29, 1.82) is 0 Å². The third-order valence-electron chi connectivity index (χ3n) is 5.86. The number of benzene rings is 2. The molecule has 2 aromatic carbocycles. The summed E-state index contributed by atoms with van der Waals surface area (Å²) in [6.45, 7) is 4.48. The molecule has 33 heavy (non-hydrogen) atoms. The first-order valence-electron chi connectivity index (χ1n) is 10.9. The maximum absolute atomic E-state index is 14.3. The number of rotatable bonds is 7. The highest BCUT2D eigenvalue weighted by Crippen LogP contribution is 2.21. The average molecular weight is 454 g/mol. The van der Waals surface area contributed by atoms with E-state index in [1.54, 1.807) is 50.6 Å². The Bertz CT molecular complexity index is 1130. The number of amides is 1. The lowest BCUT2D eigenvalue weighted by atomic mass is 10.2. The van der Waals surface area contributed by atoms with Crippen molar-refractivity contribution >= 4 is 5.91 Å². The van der Waals surface area contributed by atoms with Crippen molar-refractivity contribution in [3.8, 4) is 11.5 Å². The Labute approximate surface area is 192 Å². The fourth-order valence-electron chi connectivity index (χ4n) is 4.02. The van der Waals surface area contributed by atoms with E-state index in [1.165, 1.54) is 6.07 Å². The van der Waals surface area contributed by atoms with Crippen molar-refractivity contribution in [2.75, 3.05) is 27.3 Å². The fraction of sp³-hybridized carbons (Fsp3) is 0.375. The van der Waals surface area contributed by atoms with Gasteiger partial charge in [-0.3, -0.25) is 9.69 Å². The van der Waals surface area contributed by atoms with Crippen LogP contribution >= 0.6 is 0 Å². The second kappa shape index (κ2) is 9.99. The van der Waals surface area contributed by atoms with E-state index in [-0.39, 0.29) is 17.8 Å². The molecule has 1 aliphatic rings. The highest BCUT2D eigenvalue weighted by molar-refractivity contribution is 5.94. The van der Waals surface area contributed by atoms with Crippen LogP contribution in [0.4, 0.5) is 4.39 Å². The molecule has 2 heterocycles. The molecule has 0 saturated carbocycles. The normalized spacial score (nSPS) is 14.8. The van der Waals surface area contributed by atoms with Gasteiger partial charge in [0.25, 0.3) is 5.91 Å². The van der Waals surface area contributed by atoms with Crippen LogP contribution in [0.1, 0.15) is 40.5 Å². The zero-order valence-electron chi connectivity index (χ0n) is 19.0. The summed E-state index contributed by atoms with van der Waals surface area (Å²) in [5.41, 5.74) is 1.12.